The van der Waals surface area contributed by atoms with Gasteiger partial charge in [-0.2, -0.15) is 5.10 Å². The molecule has 0 radical (unpaired) electrons. The van der Waals surface area contributed by atoms with Gasteiger partial charge in [0, 0.05) is 10.6 Å². The van der Waals surface area contributed by atoms with Crippen molar-refractivity contribution >= 4 is 69.8 Å². The van der Waals surface area contributed by atoms with Gasteiger partial charge in [0.1, 0.15) is 12.1 Å². The second kappa shape index (κ2) is 11.7. The van der Waals surface area contributed by atoms with Gasteiger partial charge in [0.2, 0.25) is 0 Å². The molecule has 1 heterocycles. The lowest BCUT2D eigenvalue weighted by Crippen LogP contribution is -2.19. The molecule has 0 saturated carbocycles. The largest absolute Gasteiger partial charge is 0.493 e. The van der Waals surface area contributed by atoms with Crippen LogP contribution in [0.25, 0.3) is 11.1 Å². The average molecular weight is 551 g/mol. The molecule has 4 aromatic rings. The average Bonchev–Trinajstić information content (AvgIpc) is 3.29. The quantitative estimate of drug-likeness (QED) is 0.109. The number of hydrogen-bond donors (Lipinski definition) is 1. The number of ether oxygens (including phenoxy) is 2. The Balaban J connectivity index is 1.32. The fraction of sp³-hybridized carbons (Fsp3) is 0.125. The van der Waals surface area contributed by atoms with Crippen LogP contribution in [-0.2, 0) is 11.4 Å². The minimum Gasteiger partial charge on any atom is -0.493 e. The van der Waals surface area contributed by atoms with Crippen LogP contribution in [0.5, 0.6) is 11.5 Å². The van der Waals surface area contributed by atoms with E-state index in [9.17, 15) is 4.79 Å². The number of halogens is 3. The predicted molar refractivity (Wildman–Crippen MR) is 139 cm³/mol. The van der Waals surface area contributed by atoms with Gasteiger partial charge < -0.3 is 13.9 Å². The van der Waals surface area contributed by atoms with E-state index in [4.69, 9.17) is 48.7 Å². The van der Waals surface area contributed by atoms with Crippen LogP contribution in [0.3, 0.4) is 0 Å². The van der Waals surface area contributed by atoms with Gasteiger partial charge in [-0.3, -0.25) is 4.79 Å². The summed E-state index contributed by atoms with van der Waals surface area (Å²) in [5.74, 6) is 0.766. The summed E-state index contributed by atoms with van der Waals surface area (Å²) in [5.41, 5.74) is 5.17. The molecule has 0 spiro atoms. The van der Waals surface area contributed by atoms with Gasteiger partial charge in [-0.15, -0.1) is 0 Å². The van der Waals surface area contributed by atoms with Crippen LogP contribution < -0.4 is 14.9 Å². The highest BCUT2D eigenvalue weighted by Crippen LogP contribution is 2.34. The van der Waals surface area contributed by atoms with E-state index in [0.29, 0.717) is 48.5 Å². The van der Waals surface area contributed by atoms with Crippen molar-refractivity contribution < 1.29 is 18.7 Å². The molecule has 1 aromatic heterocycles. The van der Waals surface area contributed by atoms with Crippen molar-refractivity contribution in [2.75, 3.05) is 12.9 Å². The second-order valence-corrected chi connectivity index (χ2v) is 9.17. The Morgan fingerprint density at radius 3 is 2.71 bits per heavy atom. The molecule has 1 amide bonds. The van der Waals surface area contributed by atoms with E-state index in [2.05, 4.69) is 15.5 Å². The van der Waals surface area contributed by atoms with Gasteiger partial charge in [0.05, 0.1) is 29.1 Å². The Bertz CT molecular complexity index is 1360. The fourth-order valence-corrected chi connectivity index (χ4v) is 4.27. The maximum atomic E-state index is 12.1. The normalized spacial score (nSPS) is 11.2. The fourth-order valence-electron chi connectivity index (χ4n) is 2.99. The summed E-state index contributed by atoms with van der Waals surface area (Å²) >= 11 is 19.7. The molecule has 0 aliphatic rings. The van der Waals surface area contributed by atoms with Gasteiger partial charge in [-0.1, -0.05) is 58.7 Å². The zero-order chi connectivity index (χ0) is 24.8. The number of hydrazone groups is 1. The van der Waals surface area contributed by atoms with Crippen molar-refractivity contribution in [1.82, 2.24) is 10.4 Å². The third kappa shape index (κ3) is 6.41. The number of para-hydroxylation sites is 2. The highest BCUT2D eigenvalue weighted by molar-refractivity contribution is 7.99. The maximum Gasteiger partial charge on any atom is 0.257 e. The van der Waals surface area contributed by atoms with Crippen molar-refractivity contribution in [3.05, 3.63) is 80.8 Å². The minimum absolute atomic E-state index is 0.106. The zero-order valence-electron chi connectivity index (χ0n) is 18.3. The van der Waals surface area contributed by atoms with Crippen molar-refractivity contribution in [2.24, 2.45) is 5.10 Å². The Morgan fingerprint density at radius 1 is 1.11 bits per heavy atom. The van der Waals surface area contributed by atoms with Gasteiger partial charge in [-0.25, -0.2) is 10.4 Å². The molecule has 7 nitrogen and oxygen atoms in total. The summed E-state index contributed by atoms with van der Waals surface area (Å²) in [6.07, 6.45) is 1.50. The Labute approximate surface area is 220 Å². The van der Waals surface area contributed by atoms with Crippen molar-refractivity contribution in [2.45, 2.75) is 11.8 Å². The van der Waals surface area contributed by atoms with E-state index < -0.39 is 0 Å². The number of thioether (sulfide) groups is 1. The third-order valence-corrected chi connectivity index (χ3v) is 6.73. The van der Waals surface area contributed by atoms with E-state index in [1.165, 1.54) is 25.1 Å². The van der Waals surface area contributed by atoms with E-state index in [1.54, 1.807) is 30.3 Å². The number of nitrogens with zero attached hydrogens (tertiary/aromatic N) is 2. The lowest BCUT2D eigenvalue weighted by Gasteiger charge is -2.13. The molecule has 0 unspecified atom stereocenters. The summed E-state index contributed by atoms with van der Waals surface area (Å²) in [6, 6.07) is 15.9. The number of carbonyl (C=O) groups is 1. The van der Waals surface area contributed by atoms with Crippen LogP contribution in [0.1, 0.15) is 11.1 Å². The predicted octanol–water partition coefficient (Wildman–Crippen LogP) is 6.62. The molecule has 0 saturated heterocycles. The lowest BCUT2D eigenvalue weighted by atomic mass is 10.2. The molecular formula is C24H18Cl3N3O4S. The van der Waals surface area contributed by atoms with Crippen molar-refractivity contribution in [1.29, 1.82) is 0 Å². The number of hydrogen-bond acceptors (Lipinski definition) is 7. The summed E-state index contributed by atoms with van der Waals surface area (Å²) < 4.78 is 16.8. The van der Waals surface area contributed by atoms with Gasteiger partial charge in [0.25, 0.3) is 11.1 Å². The third-order valence-electron chi connectivity index (χ3n) is 4.70. The first kappa shape index (κ1) is 25.2. The molecular weight excluding hydrogens is 533 g/mol. The van der Waals surface area contributed by atoms with E-state index >= 15 is 0 Å². The van der Waals surface area contributed by atoms with E-state index in [-0.39, 0.29) is 18.3 Å². The first-order valence-corrected chi connectivity index (χ1v) is 12.3. The number of benzene rings is 3. The SMILES string of the molecule is COc1cc(/C=N\NC(=O)CSc2nc3ccccc3o2)ccc1OCc1c(Cl)ccc(Cl)c1Cl. The summed E-state index contributed by atoms with van der Waals surface area (Å²) in [7, 11) is 1.52. The molecule has 3 aromatic carbocycles. The molecule has 0 atom stereocenters. The zero-order valence-corrected chi connectivity index (χ0v) is 21.3. The number of oxazole rings is 1. The number of amides is 1. The van der Waals surface area contributed by atoms with Gasteiger partial charge >= 0.3 is 0 Å². The number of methoxy groups -OCH3 is 1. The van der Waals surface area contributed by atoms with Crippen LogP contribution in [0.2, 0.25) is 15.1 Å². The molecule has 1 N–H and O–H groups in total. The highest BCUT2D eigenvalue weighted by Gasteiger charge is 2.13. The van der Waals surface area contributed by atoms with Crippen molar-refractivity contribution in [3.63, 3.8) is 0 Å². The number of nitrogens with one attached hydrogen (secondary N) is 1. The van der Waals surface area contributed by atoms with Crippen LogP contribution in [0, 0.1) is 0 Å². The minimum atomic E-state index is -0.296. The Morgan fingerprint density at radius 2 is 1.91 bits per heavy atom. The summed E-state index contributed by atoms with van der Waals surface area (Å²) in [5, 5.41) is 5.60. The molecule has 180 valence electrons. The second-order valence-electron chi connectivity index (χ2n) is 7.05. The maximum absolute atomic E-state index is 12.1. The monoisotopic (exact) mass is 549 g/mol. The lowest BCUT2D eigenvalue weighted by molar-refractivity contribution is -0.118. The summed E-state index contributed by atoms with van der Waals surface area (Å²) in [4.78, 5) is 16.4. The van der Waals surface area contributed by atoms with E-state index in [1.807, 2.05) is 24.3 Å². The molecule has 0 aliphatic carbocycles. The molecule has 11 heteroatoms. The smallest absolute Gasteiger partial charge is 0.257 e. The Hall–Kier alpha value is -2.91. The van der Waals surface area contributed by atoms with Crippen LogP contribution in [0.15, 0.2) is 69.3 Å². The molecule has 0 fully saturated rings. The van der Waals surface area contributed by atoms with E-state index in [0.717, 1.165) is 5.52 Å². The van der Waals surface area contributed by atoms with Crippen LogP contribution in [-0.4, -0.2) is 30.0 Å². The molecule has 4 rings (SSSR count). The first-order chi connectivity index (χ1) is 16.9. The molecule has 35 heavy (non-hydrogen) atoms. The number of carbonyl (C=O) groups excluding carboxylic acids is 1. The van der Waals surface area contributed by atoms with Crippen molar-refractivity contribution in [3.8, 4) is 11.5 Å². The molecule has 0 bridgehead atoms. The number of aromatic nitrogens is 1. The number of fused-ring (bicyclic) bond motifs is 1. The standard InChI is InChI=1S/C24H18Cl3N3O4S/c1-32-21-10-14(6-9-20(21)33-12-15-16(25)7-8-17(26)23(15)27)11-28-30-22(31)13-35-24-29-18-4-2-3-5-19(18)34-24/h2-11H,12-13H2,1H3,(H,30,31)/b28-11-. The first-order valence-electron chi connectivity index (χ1n) is 10.2. The topological polar surface area (TPSA) is 86.0 Å². The Kier molecular flexibility index (Phi) is 8.41. The van der Waals surface area contributed by atoms with Crippen LogP contribution >= 0.6 is 46.6 Å². The van der Waals surface area contributed by atoms with Crippen LogP contribution in [0.4, 0.5) is 0 Å². The molecule has 0 aliphatic heterocycles. The van der Waals surface area contributed by atoms with Gasteiger partial charge in [-0.05, 0) is 48.0 Å². The van der Waals surface area contributed by atoms with Gasteiger partial charge in [0.15, 0.2) is 17.1 Å². The number of rotatable bonds is 9. The summed E-state index contributed by atoms with van der Waals surface area (Å²) in [6.45, 7) is 0.107. The highest BCUT2D eigenvalue weighted by atomic mass is 35.5.